The second kappa shape index (κ2) is 14.2. The molecule has 4 heteroatoms. The van der Waals surface area contributed by atoms with Gasteiger partial charge in [0.05, 0.1) is 0 Å². The minimum atomic E-state index is -3.96. The maximum atomic E-state index is 11.9. The van der Waals surface area contributed by atoms with Crippen molar-refractivity contribution >= 4 is 15.9 Å². The van der Waals surface area contributed by atoms with Gasteiger partial charge in [0.1, 0.15) is 0 Å². The molecule has 0 bridgehead atoms. The van der Waals surface area contributed by atoms with E-state index in [9.17, 15) is 13.2 Å². The third-order valence-electron chi connectivity index (χ3n) is 3.59. The summed E-state index contributed by atoms with van der Waals surface area (Å²) in [6.45, 7) is 0. The van der Waals surface area contributed by atoms with Crippen LogP contribution in [-0.4, -0.2) is 11.5 Å². The van der Waals surface area contributed by atoms with Crippen molar-refractivity contribution < 1.29 is 13.2 Å². The molecule has 0 aromatic carbocycles. The summed E-state index contributed by atoms with van der Waals surface area (Å²) in [5.41, 5.74) is 0. The highest BCUT2D eigenvalue weighted by Gasteiger charge is 2.25. The first-order chi connectivity index (χ1) is 9.56. The van der Waals surface area contributed by atoms with Gasteiger partial charge in [0.2, 0.25) is 0 Å². The molecule has 0 aliphatic rings. The zero-order valence-corrected chi connectivity index (χ0v) is 14.2. The number of rotatable bonds is 14. The van der Waals surface area contributed by atoms with E-state index in [4.69, 9.17) is 0 Å². The molecule has 0 heterocycles. The zero-order chi connectivity index (χ0) is 15.1. The monoisotopic (exact) mass is 358 g/mol. The van der Waals surface area contributed by atoms with Crippen LogP contribution in [0.5, 0.6) is 0 Å². The Balaban J connectivity index is 2.99. The van der Waals surface area contributed by atoms with E-state index in [1.54, 1.807) is 0 Å². The topological polar surface area (TPSA) is 0 Å². The molecule has 0 aliphatic carbocycles. The van der Waals surface area contributed by atoms with Crippen LogP contribution in [-0.2, 0) is 0 Å². The van der Waals surface area contributed by atoms with Gasteiger partial charge in [0, 0.05) is 11.8 Å². The molecule has 0 rings (SSSR count). The van der Waals surface area contributed by atoms with Crippen LogP contribution in [0.4, 0.5) is 13.2 Å². The molecule has 0 saturated heterocycles. The fourth-order valence-corrected chi connectivity index (χ4v) is 2.76. The molecule has 0 atom stereocenters. The number of hydrogen-bond donors (Lipinski definition) is 0. The van der Waals surface area contributed by atoms with Crippen molar-refractivity contribution in [2.75, 3.05) is 5.33 Å². The predicted molar refractivity (Wildman–Crippen MR) is 84.5 cm³/mol. The standard InChI is InChI=1S/C16H30BrF3/c17-15-13-11-9-7-5-3-1-2-4-6-8-10-12-14-16(18,19)20/h1-15H2. The van der Waals surface area contributed by atoms with Crippen molar-refractivity contribution in [3.8, 4) is 0 Å². The van der Waals surface area contributed by atoms with E-state index < -0.39 is 12.6 Å². The van der Waals surface area contributed by atoms with Gasteiger partial charge in [-0.1, -0.05) is 86.6 Å². The highest BCUT2D eigenvalue weighted by Crippen LogP contribution is 2.23. The first kappa shape index (κ1) is 20.3. The highest BCUT2D eigenvalue weighted by molar-refractivity contribution is 9.09. The van der Waals surface area contributed by atoms with E-state index in [2.05, 4.69) is 15.9 Å². The average Bonchev–Trinajstić information content (AvgIpc) is 2.38. The van der Waals surface area contributed by atoms with Gasteiger partial charge >= 0.3 is 6.18 Å². The molecule has 0 spiro atoms. The van der Waals surface area contributed by atoms with Gasteiger partial charge in [-0.15, -0.1) is 0 Å². The lowest BCUT2D eigenvalue weighted by molar-refractivity contribution is -0.135. The molecule has 0 aromatic rings. The van der Waals surface area contributed by atoms with Crippen LogP contribution in [0.3, 0.4) is 0 Å². The Morgan fingerprint density at radius 2 is 0.800 bits per heavy atom. The van der Waals surface area contributed by atoms with Gasteiger partial charge in [-0.05, 0) is 12.8 Å². The molecule has 0 fully saturated rings. The Hall–Kier alpha value is 0.270. The minimum absolute atomic E-state index is 0.303. The number of halogens is 4. The van der Waals surface area contributed by atoms with Crippen LogP contribution in [0.15, 0.2) is 0 Å². The third kappa shape index (κ3) is 18.3. The van der Waals surface area contributed by atoms with E-state index in [0.717, 1.165) is 24.6 Å². The van der Waals surface area contributed by atoms with Crippen LogP contribution in [0, 0.1) is 0 Å². The molecule has 0 unspecified atom stereocenters. The summed E-state index contributed by atoms with van der Waals surface area (Å²) in [7, 11) is 0. The first-order valence-corrected chi connectivity index (χ1v) is 9.31. The smallest absolute Gasteiger partial charge is 0.171 e. The Labute approximate surface area is 131 Å². The van der Waals surface area contributed by atoms with Crippen LogP contribution in [0.1, 0.15) is 89.9 Å². The molecule has 0 saturated carbocycles. The van der Waals surface area contributed by atoms with Gasteiger partial charge in [-0.25, -0.2) is 0 Å². The molecule has 122 valence electrons. The molecule has 0 radical (unpaired) electrons. The van der Waals surface area contributed by atoms with Gasteiger partial charge in [-0.3, -0.25) is 0 Å². The van der Waals surface area contributed by atoms with Crippen LogP contribution in [0.25, 0.3) is 0 Å². The average molecular weight is 359 g/mol. The van der Waals surface area contributed by atoms with Crippen molar-refractivity contribution in [1.29, 1.82) is 0 Å². The van der Waals surface area contributed by atoms with Crippen molar-refractivity contribution in [2.45, 2.75) is 96.1 Å². The van der Waals surface area contributed by atoms with Crippen LogP contribution < -0.4 is 0 Å². The van der Waals surface area contributed by atoms with E-state index >= 15 is 0 Å². The summed E-state index contributed by atoms with van der Waals surface area (Å²) in [5, 5.41) is 1.12. The summed E-state index contributed by atoms with van der Waals surface area (Å²) in [4.78, 5) is 0. The Kier molecular flexibility index (Phi) is 14.4. The minimum Gasteiger partial charge on any atom is -0.171 e. The van der Waals surface area contributed by atoms with Gasteiger partial charge in [-0.2, -0.15) is 13.2 Å². The highest BCUT2D eigenvalue weighted by atomic mass is 79.9. The zero-order valence-electron chi connectivity index (χ0n) is 12.6. The lowest BCUT2D eigenvalue weighted by Crippen LogP contribution is -2.06. The lowest BCUT2D eigenvalue weighted by Gasteiger charge is -2.05. The van der Waals surface area contributed by atoms with Crippen LogP contribution in [0.2, 0.25) is 0 Å². The summed E-state index contributed by atoms with van der Waals surface area (Å²) in [6, 6.07) is 0. The Bertz CT molecular complexity index is 193. The fourth-order valence-electron chi connectivity index (χ4n) is 2.36. The maximum Gasteiger partial charge on any atom is 0.389 e. The third-order valence-corrected chi connectivity index (χ3v) is 4.15. The molecular weight excluding hydrogens is 329 g/mol. The first-order valence-electron chi connectivity index (χ1n) is 8.19. The van der Waals surface area contributed by atoms with E-state index in [-0.39, 0.29) is 0 Å². The SMILES string of the molecule is FC(F)(F)CCCCCCCCCCCCCCCBr. The van der Waals surface area contributed by atoms with Gasteiger partial charge < -0.3 is 0 Å². The van der Waals surface area contributed by atoms with E-state index in [0.29, 0.717) is 6.42 Å². The van der Waals surface area contributed by atoms with E-state index in [1.165, 1.54) is 57.8 Å². The maximum absolute atomic E-state index is 11.9. The lowest BCUT2D eigenvalue weighted by atomic mass is 10.0. The molecule has 0 amide bonds. The second-order valence-electron chi connectivity index (χ2n) is 5.65. The number of alkyl halides is 4. The number of unbranched alkanes of at least 4 members (excludes halogenated alkanes) is 12. The van der Waals surface area contributed by atoms with Gasteiger partial charge in [0.15, 0.2) is 0 Å². The molecule has 0 aliphatic heterocycles. The van der Waals surface area contributed by atoms with E-state index in [1.807, 2.05) is 0 Å². The Morgan fingerprint density at radius 3 is 1.10 bits per heavy atom. The molecular formula is C16H30BrF3. The number of hydrogen-bond acceptors (Lipinski definition) is 0. The van der Waals surface area contributed by atoms with Crippen molar-refractivity contribution in [2.24, 2.45) is 0 Å². The van der Waals surface area contributed by atoms with Crippen molar-refractivity contribution in [1.82, 2.24) is 0 Å². The predicted octanol–water partition coefficient (Wildman–Crippen LogP) is 7.41. The Morgan fingerprint density at radius 1 is 0.500 bits per heavy atom. The fraction of sp³-hybridized carbons (Fsp3) is 1.00. The molecule has 0 aromatic heterocycles. The van der Waals surface area contributed by atoms with Crippen LogP contribution >= 0.6 is 15.9 Å². The summed E-state index contributed by atoms with van der Waals surface area (Å²) in [6.07, 6.45) is 10.2. The summed E-state index contributed by atoms with van der Waals surface area (Å²) >= 11 is 3.44. The van der Waals surface area contributed by atoms with Crippen molar-refractivity contribution in [3.63, 3.8) is 0 Å². The molecule has 20 heavy (non-hydrogen) atoms. The molecule has 0 N–H and O–H groups in total. The molecule has 0 nitrogen and oxygen atoms in total. The summed E-state index contributed by atoms with van der Waals surface area (Å²) in [5.74, 6) is 0. The normalized spacial score (nSPS) is 12.0. The quantitative estimate of drug-likeness (QED) is 0.224. The van der Waals surface area contributed by atoms with Crippen molar-refractivity contribution in [3.05, 3.63) is 0 Å². The largest absolute Gasteiger partial charge is 0.389 e. The van der Waals surface area contributed by atoms with Gasteiger partial charge in [0.25, 0.3) is 0 Å². The second-order valence-corrected chi connectivity index (χ2v) is 6.44. The summed E-state index contributed by atoms with van der Waals surface area (Å²) < 4.78 is 35.7.